The molecule has 1 N–H and O–H groups in total. The molecule has 0 amide bonds. The minimum Gasteiger partial charge on any atom is -0.384 e. The summed E-state index contributed by atoms with van der Waals surface area (Å²) in [5.74, 6) is 0. The molecular formula is C13H12ClN. The Balaban J connectivity index is 2.36. The molecule has 2 aromatic rings. The van der Waals surface area contributed by atoms with E-state index in [1.165, 1.54) is 29.5 Å². The molecule has 0 saturated heterocycles. The van der Waals surface area contributed by atoms with Gasteiger partial charge in [-0.1, -0.05) is 35.9 Å². The summed E-state index contributed by atoms with van der Waals surface area (Å²) in [4.78, 5) is 0. The molecule has 2 heteroatoms. The van der Waals surface area contributed by atoms with E-state index in [0.717, 1.165) is 17.0 Å². The molecule has 1 aliphatic heterocycles. The molecule has 2 aromatic carbocycles. The van der Waals surface area contributed by atoms with Crippen molar-refractivity contribution in [2.75, 3.05) is 11.9 Å². The first-order chi connectivity index (χ1) is 7.36. The predicted octanol–water partition coefficient (Wildman–Crippen LogP) is 3.85. The Morgan fingerprint density at radius 2 is 2.00 bits per heavy atom. The van der Waals surface area contributed by atoms with E-state index >= 15 is 0 Å². The molecule has 0 spiro atoms. The van der Waals surface area contributed by atoms with Gasteiger partial charge in [0.2, 0.25) is 0 Å². The van der Waals surface area contributed by atoms with Crippen LogP contribution >= 0.6 is 11.6 Å². The summed E-state index contributed by atoms with van der Waals surface area (Å²) in [6.45, 7) is 1.07. The molecule has 0 aromatic heterocycles. The van der Waals surface area contributed by atoms with Gasteiger partial charge in [0.25, 0.3) is 0 Å². The molecule has 0 fully saturated rings. The number of fused-ring (bicyclic) bond motifs is 3. The lowest BCUT2D eigenvalue weighted by molar-refractivity contribution is 0.833. The SMILES string of the molecule is Clc1cccc2c3c(ccc12)CCCN3. The molecular weight excluding hydrogens is 206 g/mol. The average molecular weight is 218 g/mol. The number of halogens is 1. The van der Waals surface area contributed by atoms with Crippen molar-refractivity contribution < 1.29 is 0 Å². The second-order valence-electron chi connectivity index (χ2n) is 3.96. The quantitative estimate of drug-likeness (QED) is 0.707. The van der Waals surface area contributed by atoms with Crippen molar-refractivity contribution in [2.24, 2.45) is 0 Å². The topological polar surface area (TPSA) is 12.0 Å². The van der Waals surface area contributed by atoms with E-state index in [1.54, 1.807) is 0 Å². The van der Waals surface area contributed by atoms with Crippen LogP contribution in [0.5, 0.6) is 0 Å². The fraction of sp³-hybridized carbons (Fsp3) is 0.231. The molecule has 3 rings (SSSR count). The van der Waals surface area contributed by atoms with Crippen molar-refractivity contribution >= 4 is 28.1 Å². The highest BCUT2D eigenvalue weighted by Gasteiger charge is 2.12. The minimum atomic E-state index is 0.836. The van der Waals surface area contributed by atoms with Gasteiger partial charge in [0.1, 0.15) is 0 Å². The van der Waals surface area contributed by atoms with Crippen LogP contribution in [0.2, 0.25) is 5.02 Å². The predicted molar refractivity (Wildman–Crippen MR) is 65.8 cm³/mol. The number of nitrogens with one attached hydrogen (secondary N) is 1. The van der Waals surface area contributed by atoms with E-state index in [1.807, 2.05) is 12.1 Å². The van der Waals surface area contributed by atoms with Crippen LogP contribution in [0, 0.1) is 0 Å². The van der Waals surface area contributed by atoms with E-state index in [2.05, 4.69) is 23.5 Å². The van der Waals surface area contributed by atoms with Crippen molar-refractivity contribution in [2.45, 2.75) is 12.8 Å². The Hall–Kier alpha value is -1.21. The van der Waals surface area contributed by atoms with Crippen molar-refractivity contribution in [3.8, 4) is 0 Å². The summed E-state index contributed by atoms with van der Waals surface area (Å²) < 4.78 is 0. The highest BCUT2D eigenvalue weighted by molar-refractivity contribution is 6.35. The maximum absolute atomic E-state index is 6.17. The fourth-order valence-corrected chi connectivity index (χ4v) is 2.51. The summed E-state index contributed by atoms with van der Waals surface area (Å²) in [5, 5.41) is 6.71. The molecule has 0 bridgehead atoms. The zero-order valence-electron chi connectivity index (χ0n) is 8.39. The zero-order chi connectivity index (χ0) is 10.3. The Kier molecular flexibility index (Phi) is 2.06. The molecule has 1 heterocycles. The van der Waals surface area contributed by atoms with E-state index in [4.69, 9.17) is 11.6 Å². The third kappa shape index (κ3) is 1.38. The van der Waals surface area contributed by atoms with Crippen molar-refractivity contribution in [3.05, 3.63) is 40.9 Å². The van der Waals surface area contributed by atoms with Crippen LogP contribution < -0.4 is 5.32 Å². The molecule has 0 saturated carbocycles. The van der Waals surface area contributed by atoms with Gasteiger partial charge in [-0.15, -0.1) is 0 Å². The average Bonchev–Trinajstić information content (AvgIpc) is 2.29. The minimum absolute atomic E-state index is 0.836. The molecule has 0 radical (unpaired) electrons. The van der Waals surface area contributed by atoms with Gasteiger partial charge >= 0.3 is 0 Å². The third-order valence-electron chi connectivity index (χ3n) is 3.02. The van der Waals surface area contributed by atoms with Gasteiger partial charge in [0.05, 0.1) is 0 Å². The number of hydrogen-bond acceptors (Lipinski definition) is 1. The van der Waals surface area contributed by atoms with Crippen LogP contribution in [0.4, 0.5) is 5.69 Å². The molecule has 0 aliphatic carbocycles. The lowest BCUT2D eigenvalue weighted by atomic mass is 9.98. The number of hydrogen-bond donors (Lipinski definition) is 1. The van der Waals surface area contributed by atoms with E-state index in [-0.39, 0.29) is 0 Å². The lowest BCUT2D eigenvalue weighted by Crippen LogP contribution is -2.11. The second kappa shape index (κ2) is 3.42. The Labute approximate surface area is 94.1 Å². The van der Waals surface area contributed by atoms with Gasteiger partial charge < -0.3 is 5.32 Å². The van der Waals surface area contributed by atoms with Crippen LogP contribution in [-0.4, -0.2) is 6.54 Å². The molecule has 76 valence electrons. The first-order valence-corrected chi connectivity index (χ1v) is 5.68. The first kappa shape index (κ1) is 9.05. The van der Waals surface area contributed by atoms with Gasteiger partial charge in [-0.3, -0.25) is 0 Å². The lowest BCUT2D eigenvalue weighted by Gasteiger charge is -2.20. The maximum atomic E-state index is 6.17. The van der Waals surface area contributed by atoms with Gasteiger partial charge in [-0.25, -0.2) is 0 Å². The van der Waals surface area contributed by atoms with Gasteiger partial charge in [0.15, 0.2) is 0 Å². The van der Waals surface area contributed by atoms with Gasteiger partial charge in [0, 0.05) is 28.0 Å². The van der Waals surface area contributed by atoms with Gasteiger partial charge in [-0.05, 0) is 24.5 Å². The standard InChI is InChI=1S/C13H12ClN/c14-12-5-1-4-11-10(12)7-6-9-3-2-8-15-13(9)11/h1,4-7,15H,2-3,8H2. The summed E-state index contributed by atoms with van der Waals surface area (Å²) in [7, 11) is 0. The highest BCUT2D eigenvalue weighted by Crippen LogP contribution is 2.34. The van der Waals surface area contributed by atoms with Crippen LogP contribution in [-0.2, 0) is 6.42 Å². The summed E-state index contributed by atoms with van der Waals surface area (Å²) in [6.07, 6.45) is 2.39. The first-order valence-electron chi connectivity index (χ1n) is 5.30. The van der Waals surface area contributed by atoms with Crippen molar-refractivity contribution in [1.29, 1.82) is 0 Å². The van der Waals surface area contributed by atoms with Gasteiger partial charge in [-0.2, -0.15) is 0 Å². The number of benzene rings is 2. The van der Waals surface area contributed by atoms with Crippen LogP contribution in [0.3, 0.4) is 0 Å². The van der Waals surface area contributed by atoms with E-state index < -0.39 is 0 Å². The van der Waals surface area contributed by atoms with Crippen molar-refractivity contribution in [1.82, 2.24) is 0 Å². The van der Waals surface area contributed by atoms with E-state index in [9.17, 15) is 0 Å². The normalized spacial score (nSPS) is 14.7. The number of anilines is 1. The van der Waals surface area contributed by atoms with E-state index in [0.29, 0.717) is 0 Å². The Morgan fingerprint density at radius 3 is 2.93 bits per heavy atom. The second-order valence-corrected chi connectivity index (χ2v) is 4.37. The smallest absolute Gasteiger partial charge is 0.0485 e. The van der Waals surface area contributed by atoms with Crippen LogP contribution in [0.15, 0.2) is 30.3 Å². The molecule has 15 heavy (non-hydrogen) atoms. The molecule has 0 unspecified atom stereocenters. The number of rotatable bonds is 0. The van der Waals surface area contributed by atoms with Crippen molar-refractivity contribution in [3.63, 3.8) is 0 Å². The maximum Gasteiger partial charge on any atom is 0.0485 e. The monoisotopic (exact) mass is 217 g/mol. The third-order valence-corrected chi connectivity index (χ3v) is 3.35. The Bertz CT molecular complexity index is 519. The highest BCUT2D eigenvalue weighted by atomic mass is 35.5. The molecule has 0 atom stereocenters. The van der Waals surface area contributed by atoms with Crippen LogP contribution in [0.1, 0.15) is 12.0 Å². The Morgan fingerprint density at radius 1 is 1.07 bits per heavy atom. The summed E-state index contributed by atoms with van der Waals surface area (Å²) in [6, 6.07) is 10.4. The van der Waals surface area contributed by atoms with Crippen LogP contribution in [0.25, 0.3) is 10.8 Å². The largest absolute Gasteiger partial charge is 0.384 e. The zero-order valence-corrected chi connectivity index (χ0v) is 9.14. The molecule has 1 nitrogen and oxygen atoms in total. The summed E-state index contributed by atoms with van der Waals surface area (Å²) in [5.41, 5.74) is 2.69. The molecule has 1 aliphatic rings. The number of aryl methyl sites for hydroxylation is 1. The summed E-state index contributed by atoms with van der Waals surface area (Å²) >= 11 is 6.17. The fourth-order valence-electron chi connectivity index (χ4n) is 2.27.